The van der Waals surface area contributed by atoms with Crippen molar-refractivity contribution in [1.29, 1.82) is 0 Å². The predicted octanol–water partition coefficient (Wildman–Crippen LogP) is 4.46. The summed E-state index contributed by atoms with van der Waals surface area (Å²) < 4.78 is 6.10. The summed E-state index contributed by atoms with van der Waals surface area (Å²) in [7, 11) is 0. The van der Waals surface area contributed by atoms with Crippen molar-refractivity contribution in [2.45, 2.75) is 33.3 Å². The molecule has 0 unspecified atom stereocenters. The molecule has 0 atom stereocenters. The van der Waals surface area contributed by atoms with Gasteiger partial charge in [0.05, 0.1) is 15.4 Å². The molecule has 1 aromatic carbocycles. The van der Waals surface area contributed by atoms with Crippen molar-refractivity contribution in [3.63, 3.8) is 0 Å². The maximum atomic E-state index is 12.6. The highest BCUT2D eigenvalue weighted by Crippen LogP contribution is 2.52. The average Bonchev–Trinajstić information content (AvgIpc) is 2.76. The van der Waals surface area contributed by atoms with Crippen LogP contribution in [0.1, 0.15) is 42.9 Å². The Bertz CT molecular complexity index is 728. The first-order valence-electron chi connectivity index (χ1n) is 7.08. The van der Waals surface area contributed by atoms with Crippen molar-refractivity contribution in [3.8, 4) is 16.9 Å². The quantitative estimate of drug-likeness (QED) is 0.833. The topological polar surface area (TPSA) is 52.3 Å². The van der Waals surface area contributed by atoms with Crippen LogP contribution in [-0.4, -0.2) is 5.78 Å². The Hall–Kier alpha value is -1.81. The van der Waals surface area contributed by atoms with Gasteiger partial charge in [0.2, 0.25) is 0 Å². The Kier molecular flexibility index (Phi) is 3.10. The monoisotopic (exact) mass is 301 g/mol. The Morgan fingerprint density at radius 2 is 1.95 bits per heavy atom. The third-order valence-electron chi connectivity index (χ3n) is 3.77. The lowest BCUT2D eigenvalue weighted by atomic mass is 9.88. The number of hydrogen-bond donors (Lipinski definition) is 1. The zero-order chi connectivity index (χ0) is 15.4. The van der Waals surface area contributed by atoms with E-state index in [-0.39, 0.29) is 11.7 Å². The second-order valence-corrected chi connectivity index (χ2v) is 7.23. The van der Waals surface area contributed by atoms with E-state index in [1.165, 1.54) is 11.3 Å². The molecule has 21 heavy (non-hydrogen) atoms. The van der Waals surface area contributed by atoms with E-state index < -0.39 is 5.60 Å². The minimum absolute atomic E-state index is 0.0795. The summed E-state index contributed by atoms with van der Waals surface area (Å²) in [4.78, 5) is 13.6. The molecular formula is C17H19NO2S. The van der Waals surface area contributed by atoms with E-state index in [9.17, 15) is 4.79 Å². The van der Waals surface area contributed by atoms with Gasteiger partial charge in [-0.15, -0.1) is 11.3 Å². The number of hydrogen-bond acceptors (Lipinski definition) is 4. The van der Waals surface area contributed by atoms with Gasteiger partial charge in [-0.1, -0.05) is 32.0 Å². The number of thiophene rings is 1. The molecule has 2 heterocycles. The van der Waals surface area contributed by atoms with Crippen LogP contribution in [-0.2, 0) is 5.60 Å². The molecule has 3 rings (SSSR count). The van der Waals surface area contributed by atoms with E-state index in [0.717, 1.165) is 21.8 Å². The molecule has 3 nitrogen and oxygen atoms in total. The van der Waals surface area contributed by atoms with Gasteiger partial charge in [-0.05, 0) is 19.9 Å². The molecule has 1 aromatic heterocycles. The van der Waals surface area contributed by atoms with Gasteiger partial charge in [0, 0.05) is 17.0 Å². The molecule has 0 radical (unpaired) electrons. The molecule has 0 amide bonds. The van der Waals surface area contributed by atoms with Gasteiger partial charge in [0.25, 0.3) is 0 Å². The molecule has 1 aliphatic rings. The molecule has 0 saturated heterocycles. The van der Waals surface area contributed by atoms with Gasteiger partial charge >= 0.3 is 0 Å². The van der Waals surface area contributed by atoms with Crippen LogP contribution < -0.4 is 10.5 Å². The molecule has 1 aliphatic heterocycles. The molecule has 0 spiro atoms. The minimum Gasteiger partial charge on any atom is -0.482 e. The average molecular weight is 301 g/mol. The maximum absolute atomic E-state index is 12.6. The fourth-order valence-electron chi connectivity index (χ4n) is 2.75. The normalized spacial score (nSPS) is 15.3. The van der Waals surface area contributed by atoms with E-state index in [1.54, 1.807) is 0 Å². The smallest absolute Gasteiger partial charge is 0.168 e. The first kappa shape index (κ1) is 14.1. The lowest BCUT2D eigenvalue weighted by Gasteiger charge is -2.32. The molecule has 0 saturated carbocycles. The maximum Gasteiger partial charge on any atom is 0.168 e. The number of rotatable bonds is 2. The summed E-state index contributed by atoms with van der Waals surface area (Å²) in [5.74, 6) is 0.826. The molecule has 110 valence electrons. The third kappa shape index (κ3) is 2.05. The molecule has 0 fully saturated rings. The van der Waals surface area contributed by atoms with E-state index in [0.29, 0.717) is 10.6 Å². The standard InChI is InChI=1S/C17H19NO2S/c1-9(2)14(19)13-12-10-7-5-6-8-11(10)20-17(3,4)15(12)21-16(13)18/h5-9H,18H2,1-4H3. The van der Waals surface area contributed by atoms with Gasteiger partial charge < -0.3 is 10.5 Å². The largest absolute Gasteiger partial charge is 0.482 e. The minimum atomic E-state index is -0.474. The van der Waals surface area contributed by atoms with Crippen LogP contribution in [0.5, 0.6) is 5.75 Å². The van der Waals surface area contributed by atoms with E-state index in [4.69, 9.17) is 10.5 Å². The number of anilines is 1. The predicted molar refractivity (Wildman–Crippen MR) is 87.0 cm³/mol. The first-order chi connectivity index (χ1) is 9.83. The van der Waals surface area contributed by atoms with Crippen molar-refractivity contribution < 1.29 is 9.53 Å². The Morgan fingerprint density at radius 3 is 2.62 bits per heavy atom. The number of ketones is 1. The Labute approximate surface area is 128 Å². The molecule has 0 bridgehead atoms. The lowest BCUT2D eigenvalue weighted by Crippen LogP contribution is -2.28. The summed E-state index contributed by atoms with van der Waals surface area (Å²) in [6.07, 6.45) is 0. The fourth-order valence-corrected chi connectivity index (χ4v) is 3.87. The van der Waals surface area contributed by atoms with Crippen molar-refractivity contribution in [2.24, 2.45) is 5.92 Å². The highest BCUT2D eigenvalue weighted by molar-refractivity contribution is 7.17. The zero-order valence-corrected chi connectivity index (χ0v) is 13.5. The van der Waals surface area contributed by atoms with Crippen LogP contribution in [0.3, 0.4) is 0 Å². The molecule has 0 aliphatic carbocycles. The number of carbonyl (C=O) groups is 1. The highest BCUT2D eigenvalue weighted by Gasteiger charge is 2.38. The van der Waals surface area contributed by atoms with Crippen LogP contribution in [0, 0.1) is 5.92 Å². The molecule has 2 aromatic rings. The highest BCUT2D eigenvalue weighted by atomic mass is 32.1. The number of nitrogen functional groups attached to an aromatic ring is 1. The number of fused-ring (bicyclic) bond motifs is 3. The summed E-state index contributed by atoms with van der Waals surface area (Å²) in [5, 5.41) is 0.590. The lowest BCUT2D eigenvalue weighted by molar-refractivity contribution is 0.0939. The molecule has 2 N–H and O–H groups in total. The van der Waals surface area contributed by atoms with Crippen molar-refractivity contribution in [2.75, 3.05) is 5.73 Å². The summed E-state index contributed by atoms with van der Waals surface area (Å²) >= 11 is 1.47. The van der Waals surface area contributed by atoms with Gasteiger partial charge in [0.15, 0.2) is 5.78 Å². The number of Topliss-reactive ketones (excluding diaryl/α,β-unsaturated/α-hetero) is 1. The van der Waals surface area contributed by atoms with Gasteiger partial charge in [-0.25, -0.2) is 0 Å². The Morgan fingerprint density at radius 1 is 1.29 bits per heavy atom. The SMILES string of the molecule is CC(C)C(=O)c1c(N)sc2c1-c1ccccc1OC2(C)C. The number of para-hydroxylation sites is 1. The van der Waals surface area contributed by atoms with E-state index in [2.05, 4.69) is 0 Å². The van der Waals surface area contributed by atoms with E-state index in [1.807, 2.05) is 52.0 Å². The van der Waals surface area contributed by atoms with Crippen molar-refractivity contribution >= 4 is 22.1 Å². The van der Waals surface area contributed by atoms with Crippen LogP contribution >= 0.6 is 11.3 Å². The first-order valence-corrected chi connectivity index (χ1v) is 7.90. The van der Waals surface area contributed by atoms with E-state index >= 15 is 0 Å². The second-order valence-electron chi connectivity index (χ2n) is 6.17. The third-order valence-corrected chi connectivity index (χ3v) is 5.10. The molecule has 4 heteroatoms. The van der Waals surface area contributed by atoms with Gasteiger partial charge in [-0.3, -0.25) is 4.79 Å². The number of nitrogens with two attached hydrogens (primary N) is 1. The Balaban J connectivity index is 2.35. The second kappa shape index (κ2) is 4.60. The van der Waals surface area contributed by atoms with Crippen LogP contribution in [0.4, 0.5) is 5.00 Å². The molecular weight excluding hydrogens is 282 g/mol. The van der Waals surface area contributed by atoms with Crippen LogP contribution in [0.25, 0.3) is 11.1 Å². The van der Waals surface area contributed by atoms with Crippen molar-refractivity contribution in [1.82, 2.24) is 0 Å². The fraction of sp³-hybridized carbons (Fsp3) is 0.353. The zero-order valence-electron chi connectivity index (χ0n) is 12.7. The van der Waals surface area contributed by atoms with Crippen LogP contribution in [0.2, 0.25) is 0 Å². The van der Waals surface area contributed by atoms with Gasteiger partial charge in [-0.2, -0.15) is 0 Å². The number of ether oxygens (including phenoxy) is 1. The van der Waals surface area contributed by atoms with Crippen LogP contribution in [0.15, 0.2) is 24.3 Å². The summed E-state index contributed by atoms with van der Waals surface area (Å²) in [5.41, 5.74) is 8.29. The number of benzene rings is 1. The summed E-state index contributed by atoms with van der Waals surface area (Å²) in [6, 6.07) is 7.84. The summed E-state index contributed by atoms with van der Waals surface area (Å²) in [6.45, 7) is 7.84. The number of carbonyl (C=O) groups excluding carboxylic acids is 1. The van der Waals surface area contributed by atoms with Crippen molar-refractivity contribution in [3.05, 3.63) is 34.7 Å². The van der Waals surface area contributed by atoms with Gasteiger partial charge in [0.1, 0.15) is 11.4 Å².